The van der Waals surface area contributed by atoms with Crippen molar-refractivity contribution in [3.8, 4) is 45.8 Å². The summed E-state index contributed by atoms with van der Waals surface area (Å²) in [6, 6.07) is 16.5. The highest BCUT2D eigenvalue weighted by Gasteiger charge is 2.21. The SMILES string of the molecule is COc1ccc(CCCn2cc(-c3ccc(OC)c(OC)c3)nc2C(=O)c2ccc(OC)c(OC)c2)cc1OC. The van der Waals surface area contributed by atoms with E-state index in [1.165, 1.54) is 7.11 Å². The number of nitrogens with zero attached hydrogens (tertiary/aromatic N) is 2. The van der Waals surface area contributed by atoms with Crippen molar-refractivity contribution < 1.29 is 33.2 Å². The molecule has 210 valence electrons. The van der Waals surface area contributed by atoms with Crippen LogP contribution in [0.5, 0.6) is 34.5 Å². The third-order valence-corrected chi connectivity index (χ3v) is 6.62. The Morgan fingerprint density at radius 3 is 1.85 bits per heavy atom. The zero-order chi connectivity index (χ0) is 28.6. The topological polar surface area (TPSA) is 90.3 Å². The molecule has 0 aliphatic carbocycles. The Kier molecular flexibility index (Phi) is 9.16. The average molecular weight is 547 g/mol. The Morgan fingerprint density at radius 2 is 1.23 bits per heavy atom. The van der Waals surface area contributed by atoms with E-state index in [9.17, 15) is 4.79 Å². The van der Waals surface area contributed by atoms with E-state index >= 15 is 0 Å². The quantitative estimate of drug-likeness (QED) is 0.204. The van der Waals surface area contributed by atoms with Gasteiger partial charge in [0.15, 0.2) is 40.3 Å². The molecule has 0 bridgehead atoms. The standard InChI is InChI=1S/C31H34N2O7/c1-35-24-12-9-20(16-27(24)38-4)8-7-15-33-19-23(21-10-13-25(36-2)28(17-21)39-5)32-31(33)30(34)22-11-14-26(37-3)29(18-22)40-6/h9-14,16-19H,7-8,15H2,1-6H3. The molecule has 0 fully saturated rings. The summed E-state index contributed by atoms with van der Waals surface area (Å²) in [5.74, 6) is 3.68. The number of aryl methyl sites for hydroxylation is 2. The van der Waals surface area contributed by atoms with Gasteiger partial charge >= 0.3 is 0 Å². The fourth-order valence-corrected chi connectivity index (χ4v) is 4.50. The smallest absolute Gasteiger partial charge is 0.228 e. The summed E-state index contributed by atoms with van der Waals surface area (Å²) in [4.78, 5) is 18.5. The van der Waals surface area contributed by atoms with Crippen LogP contribution in [0.1, 0.15) is 28.2 Å². The number of ketones is 1. The minimum atomic E-state index is -0.223. The van der Waals surface area contributed by atoms with Crippen molar-refractivity contribution in [2.75, 3.05) is 42.7 Å². The van der Waals surface area contributed by atoms with Crippen LogP contribution in [0.15, 0.2) is 60.8 Å². The van der Waals surface area contributed by atoms with Gasteiger partial charge in [0.1, 0.15) is 0 Å². The first-order valence-corrected chi connectivity index (χ1v) is 12.7. The van der Waals surface area contributed by atoms with E-state index in [2.05, 4.69) is 0 Å². The average Bonchev–Trinajstić information content (AvgIpc) is 3.43. The second-order valence-electron chi connectivity index (χ2n) is 8.90. The first kappa shape index (κ1) is 28.4. The molecule has 0 amide bonds. The normalized spacial score (nSPS) is 10.7. The Balaban J connectivity index is 1.67. The molecule has 3 aromatic carbocycles. The predicted molar refractivity (Wildman–Crippen MR) is 152 cm³/mol. The van der Waals surface area contributed by atoms with E-state index < -0.39 is 0 Å². The van der Waals surface area contributed by atoms with Crippen molar-refractivity contribution in [1.82, 2.24) is 9.55 Å². The third kappa shape index (κ3) is 5.98. The summed E-state index contributed by atoms with van der Waals surface area (Å²) in [6.07, 6.45) is 3.43. The number of rotatable bonds is 13. The number of carbonyl (C=O) groups is 1. The molecule has 40 heavy (non-hydrogen) atoms. The van der Waals surface area contributed by atoms with Crippen LogP contribution in [-0.4, -0.2) is 58.0 Å². The third-order valence-electron chi connectivity index (χ3n) is 6.62. The van der Waals surface area contributed by atoms with Crippen LogP contribution in [0.25, 0.3) is 11.3 Å². The second kappa shape index (κ2) is 12.9. The predicted octanol–water partition coefficient (Wildman–Crippen LogP) is 5.47. The van der Waals surface area contributed by atoms with Gasteiger partial charge in [0.25, 0.3) is 0 Å². The van der Waals surface area contributed by atoms with Crippen LogP contribution in [0.3, 0.4) is 0 Å². The van der Waals surface area contributed by atoms with Crippen molar-refractivity contribution in [2.24, 2.45) is 0 Å². The number of hydrogen-bond donors (Lipinski definition) is 0. The van der Waals surface area contributed by atoms with Gasteiger partial charge in [0.05, 0.1) is 48.4 Å². The molecule has 0 saturated heterocycles. The number of aromatic nitrogens is 2. The molecule has 0 aliphatic rings. The van der Waals surface area contributed by atoms with Crippen LogP contribution in [-0.2, 0) is 13.0 Å². The molecule has 0 unspecified atom stereocenters. The van der Waals surface area contributed by atoms with Gasteiger partial charge in [0.2, 0.25) is 5.78 Å². The number of ether oxygens (including phenoxy) is 6. The molecule has 0 N–H and O–H groups in total. The second-order valence-corrected chi connectivity index (χ2v) is 8.90. The molecule has 9 nitrogen and oxygen atoms in total. The summed E-state index contributed by atoms with van der Waals surface area (Å²) in [6.45, 7) is 0.572. The molecule has 0 atom stereocenters. The lowest BCUT2D eigenvalue weighted by molar-refractivity contribution is 0.102. The zero-order valence-corrected chi connectivity index (χ0v) is 23.6. The number of carbonyl (C=O) groups excluding carboxylic acids is 1. The highest BCUT2D eigenvalue weighted by Crippen LogP contribution is 2.33. The molecule has 4 aromatic rings. The summed E-state index contributed by atoms with van der Waals surface area (Å²) in [5.41, 5.74) is 3.00. The van der Waals surface area contributed by atoms with E-state index in [4.69, 9.17) is 33.4 Å². The van der Waals surface area contributed by atoms with Gasteiger partial charge in [-0.3, -0.25) is 4.79 Å². The Bertz CT molecular complexity index is 1480. The maximum absolute atomic E-state index is 13.7. The van der Waals surface area contributed by atoms with Crippen molar-refractivity contribution in [3.63, 3.8) is 0 Å². The van der Waals surface area contributed by atoms with E-state index in [-0.39, 0.29) is 5.78 Å². The van der Waals surface area contributed by atoms with Crippen molar-refractivity contribution in [3.05, 3.63) is 77.7 Å². The van der Waals surface area contributed by atoms with Crippen LogP contribution in [0.4, 0.5) is 0 Å². The van der Waals surface area contributed by atoms with Gasteiger partial charge in [0, 0.05) is 23.9 Å². The summed E-state index contributed by atoms with van der Waals surface area (Å²) in [5, 5.41) is 0. The van der Waals surface area contributed by atoms with E-state index in [1.807, 2.05) is 47.2 Å². The van der Waals surface area contributed by atoms with E-state index in [0.29, 0.717) is 58.1 Å². The van der Waals surface area contributed by atoms with Crippen LogP contribution < -0.4 is 28.4 Å². The minimum absolute atomic E-state index is 0.223. The molecule has 0 spiro atoms. The van der Waals surface area contributed by atoms with Gasteiger partial charge in [-0.05, 0) is 66.9 Å². The molecule has 0 saturated carbocycles. The fraction of sp³-hybridized carbons (Fsp3) is 0.290. The molecule has 9 heteroatoms. The first-order valence-electron chi connectivity index (χ1n) is 12.7. The van der Waals surface area contributed by atoms with Crippen molar-refractivity contribution in [1.29, 1.82) is 0 Å². The molecule has 0 radical (unpaired) electrons. The number of methoxy groups -OCH3 is 6. The van der Waals surface area contributed by atoms with Gasteiger partial charge in [-0.15, -0.1) is 0 Å². The van der Waals surface area contributed by atoms with Crippen molar-refractivity contribution in [2.45, 2.75) is 19.4 Å². The molecular weight excluding hydrogens is 512 g/mol. The Hall–Kier alpha value is -4.66. The number of benzene rings is 3. The Labute approximate surface area is 234 Å². The van der Waals surface area contributed by atoms with E-state index in [0.717, 1.165) is 24.0 Å². The monoisotopic (exact) mass is 546 g/mol. The summed E-state index contributed by atoms with van der Waals surface area (Å²) < 4.78 is 34.3. The van der Waals surface area contributed by atoms with E-state index in [1.54, 1.807) is 53.7 Å². The summed E-state index contributed by atoms with van der Waals surface area (Å²) >= 11 is 0. The number of hydrogen-bond acceptors (Lipinski definition) is 8. The summed E-state index contributed by atoms with van der Waals surface area (Å²) in [7, 11) is 9.50. The van der Waals surface area contributed by atoms with Crippen molar-refractivity contribution >= 4 is 5.78 Å². The highest BCUT2D eigenvalue weighted by molar-refractivity contribution is 6.07. The Morgan fingerprint density at radius 1 is 0.675 bits per heavy atom. The van der Waals surface area contributed by atoms with Crippen LogP contribution >= 0.6 is 0 Å². The molecule has 1 heterocycles. The maximum Gasteiger partial charge on any atom is 0.228 e. The minimum Gasteiger partial charge on any atom is -0.493 e. The van der Waals surface area contributed by atoms with Gasteiger partial charge in [-0.25, -0.2) is 4.98 Å². The lowest BCUT2D eigenvalue weighted by Crippen LogP contribution is -2.12. The largest absolute Gasteiger partial charge is 0.493 e. The van der Waals surface area contributed by atoms with Gasteiger partial charge in [-0.2, -0.15) is 0 Å². The van der Waals surface area contributed by atoms with Gasteiger partial charge < -0.3 is 33.0 Å². The maximum atomic E-state index is 13.7. The highest BCUT2D eigenvalue weighted by atomic mass is 16.5. The van der Waals surface area contributed by atoms with Crippen LogP contribution in [0, 0.1) is 0 Å². The molecular formula is C31H34N2O7. The molecule has 4 rings (SSSR count). The fourth-order valence-electron chi connectivity index (χ4n) is 4.50. The lowest BCUT2D eigenvalue weighted by Gasteiger charge is -2.11. The van der Waals surface area contributed by atoms with Gasteiger partial charge in [-0.1, -0.05) is 6.07 Å². The molecule has 1 aromatic heterocycles. The molecule has 0 aliphatic heterocycles. The first-order chi connectivity index (χ1) is 19.5. The lowest BCUT2D eigenvalue weighted by atomic mass is 10.1. The zero-order valence-electron chi connectivity index (χ0n) is 23.6. The number of imidazole rings is 1. The van der Waals surface area contributed by atoms with Crippen LogP contribution in [0.2, 0.25) is 0 Å².